The molecule has 1 aromatic heterocycles. The summed E-state index contributed by atoms with van der Waals surface area (Å²) in [4.78, 5) is 24.2. The zero-order valence-corrected chi connectivity index (χ0v) is 14.6. The van der Waals surface area contributed by atoms with Crippen LogP contribution in [0.15, 0.2) is 47.2 Å². The molecular weight excluding hydrogens is 334 g/mol. The van der Waals surface area contributed by atoms with Gasteiger partial charge in [0.2, 0.25) is 5.78 Å². The number of furan rings is 1. The van der Waals surface area contributed by atoms with Crippen LogP contribution >= 0.6 is 0 Å². The molecule has 0 saturated heterocycles. The lowest BCUT2D eigenvalue weighted by molar-refractivity contribution is 0.0439. The maximum atomic E-state index is 12.1. The van der Waals surface area contributed by atoms with E-state index in [0.717, 1.165) is 11.3 Å². The Bertz CT molecular complexity index is 893. The predicted molar refractivity (Wildman–Crippen MR) is 96.1 cm³/mol. The molecule has 1 N–H and O–H groups in total. The molecule has 0 atom stereocenters. The van der Waals surface area contributed by atoms with Crippen molar-refractivity contribution in [2.45, 2.75) is 13.5 Å². The maximum absolute atomic E-state index is 12.1. The van der Waals surface area contributed by atoms with Crippen LogP contribution in [0.3, 0.4) is 0 Å². The number of nitrogens with one attached hydrogen (secondary N) is 1. The third-order valence-corrected chi connectivity index (χ3v) is 4.09. The predicted octanol–water partition coefficient (Wildman–Crippen LogP) is 3.27. The second-order valence-electron chi connectivity index (χ2n) is 5.85. The second-order valence-corrected chi connectivity index (χ2v) is 5.85. The van der Waals surface area contributed by atoms with E-state index in [1.54, 1.807) is 24.5 Å². The van der Waals surface area contributed by atoms with E-state index in [0.29, 0.717) is 29.1 Å². The lowest BCUT2D eigenvalue weighted by Crippen LogP contribution is -2.25. The van der Waals surface area contributed by atoms with E-state index in [-0.39, 0.29) is 18.0 Å². The summed E-state index contributed by atoms with van der Waals surface area (Å²) < 4.78 is 15.6. The van der Waals surface area contributed by atoms with E-state index in [4.69, 9.17) is 13.9 Å². The third kappa shape index (κ3) is 3.39. The van der Waals surface area contributed by atoms with Crippen molar-refractivity contribution in [1.82, 2.24) is 5.32 Å². The summed E-state index contributed by atoms with van der Waals surface area (Å²) in [6.45, 7) is 6.07. The first-order chi connectivity index (χ1) is 12.5. The summed E-state index contributed by atoms with van der Waals surface area (Å²) >= 11 is 0. The number of allylic oxidation sites excluding steroid dienone is 1. The van der Waals surface area contributed by atoms with Crippen LogP contribution in [0.4, 0.5) is 0 Å². The van der Waals surface area contributed by atoms with Crippen LogP contribution in [-0.2, 0) is 11.3 Å². The quantitative estimate of drug-likeness (QED) is 0.634. The number of rotatable bonds is 6. The second kappa shape index (κ2) is 7.31. The number of hydrogen-bond donors (Lipinski definition) is 1. The Morgan fingerprint density at radius 2 is 2.23 bits per heavy atom. The number of methoxy groups -OCH3 is 1. The average Bonchev–Trinajstić information content (AvgIpc) is 3.14. The van der Waals surface area contributed by atoms with E-state index in [1.807, 2.05) is 19.1 Å². The van der Waals surface area contributed by atoms with Crippen LogP contribution in [0.2, 0.25) is 0 Å². The van der Waals surface area contributed by atoms with Gasteiger partial charge in [0.25, 0.3) is 0 Å². The van der Waals surface area contributed by atoms with Crippen LogP contribution < -0.4 is 10.1 Å². The Labute approximate surface area is 151 Å². The zero-order valence-electron chi connectivity index (χ0n) is 14.6. The summed E-state index contributed by atoms with van der Waals surface area (Å²) in [6.07, 6.45) is 5.17. The number of hydrogen-bond acceptors (Lipinski definition) is 6. The molecule has 0 aliphatic carbocycles. The molecule has 0 amide bonds. The number of esters is 1. The topological polar surface area (TPSA) is 77.8 Å². The molecule has 0 bridgehead atoms. The van der Waals surface area contributed by atoms with Crippen molar-refractivity contribution in [1.29, 1.82) is 0 Å². The van der Waals surface area contributed by atoms with Crippen LogP contribution in [0, 0.1) is 6.92 Å². The highest BCUT2D eigenvalue weighted by atomic mass is 16.5. The first-order valence-electron chi connectivity index (χ1n) is 8.06. The molecular formula is C20H19NO5. The van der Waals surface area contributed by atoms with E-state index >= 15 is 0 Å². The first-order valence-corrected chi connectivity index (χ1v) is 8.06. The smallest absolute Gasteiger partial charge is 0.343 e. The number of ketones is 1. The van der Waals surface area contributed by atoms with Crippen LogP contribution in [0.1, 0.15) is 37.6 Å². The van der Waals surface area contributed by atoms with Crippen LogP contribution in [0.5, 0.6) is 5.75 Å². The zero-order chi connectivity index (χ0) is 18.7. The summed E-state index contributed by atoms with van der Waals surface area (Å²) in [5, 5.41) is 3.13. The molecule has 6 nitrogen and oxygen atoms in total. The highest BCUT2D eigenvalue weighted by Gasteiger charge is 2.31. The minimum absolute atomic E-state index is 0.170. The number of Topliss-reactive ketones (excluding diaryl/α,β-unsaturated/α-hetero) is 1. The van der Waals surface area contributed by atoms with Crippen molar-refractivity contribution < 1.29 is 23.5 Å². The fourth-order valence-corrected chi connectivity index (χ4v) is 2.78. The van der Waals surface area contributed by atoms with E-state index in [9.17, 15) is 9.59 Å². The number of cyclic esters (lactones) is 1. The van der Waals surface area contributed by atoms with Gasteiger partial charge in [-0.15, -0.1) is 0 Å². The number of ether oxygens (including phenoxy) is 2. The average molecular weight is 353 g/mol. The molecule has 1 aromatic carbocycles. The Morgan fingerprint density at radius 1 is 1.42 bits per heavy atom. The monoisotopic (exact) mass is 353 g/mol. The fourth-order valence-electron chi connectivity index (χ4n) is 2.78. The fraction of sp³-hybridized carbons (Fsp3) is 0.200. The molecule has 0 unspecified atom stereocenters. The van der Waals surface area contributed by atoms with Gasteiger partial charge in [0, 0.05) is 16.8 Å². The van der Waals surface area contributed by atoms with Crippen LogP contribution in [-0.4, -0.2) is 25.5 Å². The minimum Gasteiger partial charge on any atom is -0.495 e. The van der Waals surface area contributed by atoms with Crippen molar-refractivity contribution in [3.05, 3.63) is 70.8 Å². The van der Waals surface area contributed by atoms with Crippen molar-refractivity contribution in [2.75, 3.05) is 13.7 Å². The molecule has 1 aliphatic rings. The van der Waals surface area contributed by atoms with Crippen molar-refractivity contribution >= 4 is 17.8 Å². The highest BCUT2D eigenvalue weighted by molar-refractivity contribution is 6.13. The highest BCUT2D eigenvalue weighted by Crippen LogP contribution is 2.34. The molecule has 0 spiro atoms. The van der Waals surface area contributed by atoms with Crippen LogP contribution in [0.25, 0.3) is 6.08 Å². The molecule has 6 heteroatoms. The van der Waals surface area contributed by atoms with Gasteiger partial charge >= 0.3 is 5.97 Å². The SMILES string of the molecule is C=C(/C=C/c1c(C)cc2c(c1OC)C(=O)OCC2=O)NCc1ccco1. The first kappa shape index (κ1) is 17.5. The standard InChI is InChI=1S/C20H19NO5/c1-12-9-16-17(22)11-26-20(23)18(16)19(24-3)15(12)7-6-13(2)21-10-14-5-4-8-25-14/h4-9,21H,2,10-11H2,1,3H3/b7-6+. The van der Waals surface area contributed by atoms with Gasteiger partial charge in [0.1, 0.15) is 17.1 Å². The lowest BCUT2D eigenvalue weighted by Gasteiger charge is -2.20. The van der Waals surface area contributed by atoms with Gasteiger partial charge in [-0.25, -0.2) is 4.79 Å². The summed E-state index contributed by atoms with van der Waals surface area (Å²) in [6, 6.07) is 5.37. The van der Waals surface area contributed by atoms with Gasteiger partial charge in [-0.2, -0.15) is 0 Å². The van der Waals surface area contributed by atoms with E-state index in [2.05, 4.69) is 11.9 Å². The molecule has 134 valence electrons. The van der Waals surface area contributed by atoms with E-state index in [1.165, 1.54) is 7.11 Å². The van der Waals surface area contributed by atoms with Crippen molar-refractivity contribution in [3.8, 4) is 5.75 Å². The number of benzene rings is 1. The van der Waals surface area contributed by atoms with Gasteiger partial charge in [-0.3, -0.25) is 4.79 Å². The van der Waals surface area contributed by atoms with Gasteiger partial charge in [-0.05, 0) is 42.8 Å². The number of carbonyl (C=O) groups is 2. The van der Waals surface area contributed by atoms with Crippen molar-refractivity contribution in [3.63, 3.8) is 0 Å². The Hall–Kier alpha value is -3.28. The Balaban J connectivity index is 1.87. The Kier molecular flexibility index (Phi) is 4.93. The molecule has 3 rings (SSSR count). The normalized spacial score (nSPS) is 13.5. The van der Waals surface area contributed by atoms with Gasteiger partial charge < -0.3 is 19.2 Å². The molecule has 0 saturated carbocycles. The van der Waals surface area contributed by atoms with Gasteiger partial charge in [0.05, 0.1) is 19.9 Å². The summed E-state index contributed by atoms with van der Waals surface area (Å²) in [5.74, 6) is 0.332. The molecule has 0 fully saturated rings. The van der Waals surface area contributed by atoms with Gasteiger partial charge in [-0.1, -0.05) is 6.58 Å². The largest absolute Gasteiger partial charge is 0.495 e. The molecule has 0 radical (unpaired) electrons. The molecule has 1 aliphatic heterocycles. The maximum Gasteiger partial charge on any atom is 0.343 e. The molecule has 2 aromatic rings. The Morgan fingerprint density at radius 3 is 2.92 bits per heavy atom. The van der Waals surface area contributed by atoms with Crippen molar-refractivity contribution in [2.24, 2.45) is 0 Å². The minimum atomic E-state index is -0.555. The van der Waals surface area contributed by atoms with Gasteiger partial charge in [0.15, 0.2) is 6.61 Å². The third-order valence-electron chi connectivity index (χ3n) is 4.09. The summed E-state index contributed by atoms with van der Waals surface area (Å²) in [5.41, 5.74) is 2.68. The molecule has 26 heavy (non-hydrogen) atoms. The lowest BCUT2D eigenvalue weighted by atomic mass is 9.93. The number of fused-ring (bicyclic) bond motifs is 1. The van der Waals surface area contributed by atoms with E-state index < -0.39 is 5.97 Å². The summed E-state index contributed by atoms with van der Waals surface area (Å²) in [7, 11) is 1.46. The molecule has 2 heterocycles. The number of carbonyl (C=O) groups excluding carboxylic acids is 2. The number of aryl methyl sites for hydroxylation is 1.